The first-order valence-corrected chi connectivity index (χ1v) is 10.2. The van der Waals surface area contributed by atoms with Gasteiger partial charge in [-0.1, -0.05) is 19.4 Å². The van der Waals surface area contributed by atoms with Crippen LogP contribution in [-0.4, -0.2) is 49.8 Å². The van der Waals surface area contributed by atoms with E-state index in [9.17, 15) is 4.79 Å². The van der Waals surface area contributed by atoms with E-state index in [1.165, 1.54) is 0 Å². The van der Waals surface area contributed by atoms with Gasteiger partial charge in [-0.25, -0.2) is 14.6 Å². The van der Waals surface area contributed by atoms with E-state index in [2.05, 4.69) is 26.9 Å². The predicted molar refractivity (Wildman–Crippen MR) is 111 cm³/mol. The summed E-state index contributed by atoms with van der Waals surface area (Å²) in [5.74, 6) is 2.03. The van der Waals surface area contributed by atoms with Gasteiger partial charge in [-0.05, 0) is 25.3 Å². The molecule has 0 amide bonds. The van der Waals surface area contributed by atoms with Gasteiger partial charge in [0.1, 0.15) is 11.2 Å². The van der Waals surface area contributed by atoms with Crippen LogP contribution >= 0.6 is 0 Å². The molecular weight excluding hydrogens is 368 g/mol. The molecule has 4 rings (SSSR count). The summed E-state index contributed by atoms with van der Waals surface area (Å²) in [5, 5.41) is 4.90. The van der Waals surface area contributed by atoms with Gasteiger partial charge in [0.05, 0.1) is 13.3 Å². The standard InChI is InChI=1S/C21H28N6O2/c1-5-15-11-26(10-14-6-7-18(29-4)22-8-14)12-17(15)19-24-20-16(21(28)25-19)9-23-27(20)13(2)3/h6-9,13,15,17H,5,10-12H2,1-4H3,(H,24,25,28)/t15-,17-/m1/s1. The van der Waals surface area contributed by atoms with Gasteiger partial charge in [-0.3, -0.25) is 9.69 Å². The highest BCUT2D eigenvalue weighted by molar-refractivity contribution is 5.73. The van der Waals surface area contributed by atoms with Crippen LogP contribution in [0.4, 0.5) is 0 Å². The Morgan fingerprint density at radius 2 is 2.10 bits per heavy atom. The lowest BCUT2D eigenvalue weighted by molar-refractivity contribution is 0.313. The Kier molecular flexibility index (Phi) is 5.36. The molecule has 8 nitrogen and oxygen atoms in total. The number of methoxy groups -OCH3 is 1. The molecule has 0 bridgehead atoms. The molecule has 0 radical (unpaired) electrons. The second-order valence-corrected chi connectivity index (χ2v) is 8.05. The first kappa shape index (κ1) is 19.6. The number of aromatic nitrogens is 5. The van der Waals surface area contributed by atoms with Crippen molar-refractivity contribution in [2.45, 2.75) is 45.7 Å². The highest BCUT2D eigenvalue weighted by Gasteiger charge is 2.34. The van der Waals surface area contributed by atoms with E-state index in [-0.39, 0.29) is 17.5 Å². The van der Waals surface area contributed by atoms with Crippen molar-refractivity contribution in [3.63, 3.8) is 0 Å². The number of hydrogen-bond acceptors (Lipinski definition) is 6. The average molecular weight is 396 g/mol. The van der Waals surface area contributed by atoms with Crippen LogP contribution in [0, 0.1) is 5.92 Å². The zero-order valence-electron chi connectivity index (χ0n) is 17.4. The molecule has 4 heterocycles. The third kappa shape index (κ3) is 3.76. The van der Waals surface area contributed by atoms with E-state index < -0.39 is 0 Å². The molecule has 3 aromatic heterocycles. The Labute approximate surface area is 169 Å². The second-order valence-electron chi connectivity index (χ2n) is 8.05. The molecule has 0 saturated carbocycles. The van der Waals surface area contributed by atoms with E-state index in [1.54, 1.807) is 13.3 Å². The van der Waals surface area contributed by atoms with Gasteiger partial charge < -0.3 is 9.72 Å². The maximum atomic E-state index is 12.6. The summed E-state index contributed by atoms with van der Waals surface area (Å²) in [4.78, 5) is 27.2. The normalized spacial score (nSPS) is 20.0. The van der Waals surface area contributed by atoms with E-state index in [0.717, 1.165) is 37.4 Å². The fraction of sp³-hybridized carbons (Fsp3) is 0.524. The summed E-state index contributed by atoms with van der Waals surface area (Å²) in [6.07, 6.45) is 4.51. The summed E-state index contributed by atoms with van der Waals surface area (Å²) in [7, 11) is 1.62. The highest BCUT2D eigenvalue weighted by Crippen LogP contribution is 2.34. The van der Waals surface area contributed by atoms with Crippen molar-refractivity contribution in [1.29, 1.82) is 0 Å². The van der Waals surface area contributed by atoms with Crippen molar-refractivity contribution in [3.8, 4) is 5.88 Å². The summed E-state index contributed by atoms with van der Waals surface area (Å²) >= 11 is 0. The zero-order chi connectivity index (χ0) is 20.5. The molecule has 154 valence electrons. The summed E-state index contributed by atoms with van der Waals surface area (Å²) < 4.78 is 6.96. The molecular formula is C21H28N6O2. The van der Waals surface area contributed by atoms with Gasteiger partial charge in [0.25, 0.3) is 5.56 Å². The minimum atomic E-state index is -0.107. The quantitative estimate of drug-likeness (QED) is 0.689. The molecule has 29 heavy (non-hydrogen) atoms. The number of rotatable bonds is 6. The first-order valence-electron chi connectivity index (χ1n) is 10.2. The van der Waals surface area contributed by atoms with Crippen LogP contribution in [0.2, 0.25) is 0 Å². The maximum Gasteiger partial charge on any atom is 0.262 e. The predicted octanol–water partition coefficient (Wildman–Crippen LogP) is 2.73. The molecule has 0 aliphatic carbocycles. The summed E-state index contributed by atoms with van der Waals surface area (Å²) in [6.45, 7) is 8.94. The van der Waals surface area contributed by atoms with Crippen molar-refractivity contribution < 1.29 is 4.74 Å². The van der Waals surface area contributed by atoms with Crippen LogP contribution in [0.5, 0.6) is 5.88 Å². The van der Waals surface area contributed by atoms with Crippen molar-refractivity contribution in [2.75, 3.05) is 20.2 Å². The van der Waals surface area contributed by atoms with Gasteiger partial charge in [-0.2, -0.15) is 5.10 Å². The Morgan fingerprint density at radius 1 is 1.28 bits per heavy atom. The molecule has 1 N–H and O–H groups in total. The van der Waals surface area contributed by atoms with Gasteiger partial charge >= 0.3 is 0 Å². The Morgan fingerprint density at radius 3 is 2.76 bits per heavy atom. The largest absolute Gasteiger partial charge is 0.481 e. The molecule has 1 aliphatic heterocycles. The molecule has 0 unspecified atom stereocenters. The van der Waals surface area contributed by atoms with Crippen LogP contribution in [0.3, 0.4) is 0 Å². The SMILES string of the molecule is CC[C@@H]1CN(Cc2ccc(OC)nc2)C[C@H]1c1nc2c(cnn2C(C)C)c(=O)[nH]1. The number of aromatic amines is 1. The Bertz CT molecular complexity index is 1040. The van der Waals surface area contributed by atoms with E-state index in [1.807, 2.05) is 36.9 Å². The average Bonchev–Trinajstić information content (AvgIpc) is 3.32. The van der Waals surface area contributed by atoms with E-state index in [4.69, 9.17) is 9.72 Å². The third-order valence-electron chi connectivity index (χ3n) is 5.78. The summed E-state index contributed by atoms with van der Waals surface area (Å²) in [6, 6.07) is 4.09. The van der Waals surface area contributed by atoms with E-state index >= 15 is 0 Å². The lowest BCUT2D eigenvalue weighted by Gasteiger charge is -2.16. The number of pyridine rings is 1. The third-order valence-corrected chi connectivity index (χ3v) is 5.78. The van der Waals surface area contributed by atoms with Gasteiger partial charge in [0, 0.05) is 43.9 Å². The van der Waals surface area contributed by atoms with Crippen LogP contribution < -0.4 is 10.3 Å². The van der Waals surface area contributed by atoms with Crippen LogP contribution in [0.1, 0.15) is 50.5 Å². The highest BCUT2D eigenvalue weighted by atomic mass is 16.5. The van der Waals surface area contributed by atoms with Crippen molar-refractivity contribution in [2.24, 2.45) is 5.92 Å². The Balaban J connectivity index is 1.60. The maximum absolute atomic E-state index is 12.6. The van der Waals surface area contributed by atoms with Gasteiger partial charge in [0.2, 0.25) is 5.88 Å². The van der Waals surface area contributed by atoms with E-state index in [0.29, 0.717) is 22.8 Å². The first-order chi connectivity index (χ1) is 14.0. The molecule has 1 fully saturated rings. The van der Waals surface area contributed by atoms with Crippen molar-refractivity contribution in [3.05, 3.63) is 46.3 Å². The molecule has 0 aromatic carbocycles. The lowest BCUT2D eigenvalue weighted by Crippen LogP contribution is -2.21. The molecule has 0 spiro atoms. The molecule has 3 aromatic rings. The molecule has 8 heteroatoms. The monoisotopic (exact) mass is 396 g/mol. The Hall–Kier alpha value is -2.74. The number of nitrogens with zero attached hydrogens (tertiary/aromatic N) is 5. The van der Waals surface area contributed by atoms with Crippen LogP contribution in [-0.2, 0) is 6.54 Å². The molecule has 1 aliphatic rings. The fourth-order valence-corrected chi connectivity index (χ4v) is 4.20. The fourth-order valence-electron chi connectivity index (χ4n) is 4.20. The molecule has 2 atom stereocenters. The number of H-pyrrole nitrogens is 1. The van der Waals surface area contributed by atoms with Gasteiger partial charge in [0.15, 0.2) is 5.65 Å². The van der Waals surface area contributed by atoms with Crippen LogP contribution in [0.15, 0.2) is 29.3 Å². The zero-order valence-corrected chi connectivity index (χ0v) is 17.4. The molecule has 1 saturated heterocycles. The number of fused-ring (bicyclic) bond motifs is 1. The van der Waals surface area contributed by atoms with Crippen molar-refractivity contribution >= 4 is 11.0 Å². The number of hydrogen-bond donors (Lipinski definition) is 1. The second kappa shape index (κ2) is 7.94. The minimum absolute atomic E-state index is 0.107. The van der Waals surface area contributed by atoms with Crippen molar-refractivity contribution in [1.82, 2.24) is 29.6 Å². The number of ether oxygens (including phenoxy) is 1. The van der Waals surface area contributed by atoms with Crippen LogP contribution in [0.25, 0.3) is 11.0 Å². The number of likely N-dealkylation sites (tertiary alicyclic amines) is 1. The smallest absolute Gasteiger partial charge is 0.262 e. The lowest BCUT2D eigenvalue weighted by atomic mass is 9.93. The number of nitrogens with one attached hydrogen (secondary N) is 1. The summed E-state index contributed by atoms with van der Waals surface area (Å²) in [5.41, 5.74) is 1.71. The van der Waals surface area contributed by atoms with Gasteiger partial charge in [-0.15, -0.1) is 0 Å². The minimum Gasteiger partial charge on any atom is -0.481 e. The topological polar surface area (TPSA) is 88.9 Å².